The van der Waals surface area contributed by atoms with E-state index in [0.29, 0.717) is 5.92 Å². The molecule has 4 N–H and O–H groups in total. The fourth-order valence-electron chi connectivity index (χ4n) is 1.47. The van der Waals surface area contributed by atoms with Crippen molar-refractivity contribution in [2.24, 2.45) is 22.8 Å². The van der Waals surface area contributed by atoms with E-state index in [1.807, 2.05) is 0 Å². The molecule has 0 rings (SSSR count). The molecule has 0 amide bonds. The van der Waals surface area contributed by atoms with Crippen LogP contribution < -0.4 is 11.5 Å². The van der Waals surface area contributed by atoms with E-state index in [1.165, 1.54) is 6.42 Å². The molecule has 12 heavy (non-hydrogen) atoms. The molecule has 0 aliphatic rings. The molecule has 0 spiro atoms. The second kappa shape index (κ2) is 4.83. The first kappa shape index (κ1) is 11.9. The minimum atomic E-state index is 0.245. The molecule has 0 aromatic carbocycles. The Balaban J connectivity index is 3.88. The van der Waals surface area contributed by atoms with Crippen LogP contribution in [0.1, 0.15) is 40.5 Å². The van der Waals surface area contributed by atoms with Crippen molar-refractivity contribution >= 4 is 0 Å². The Kier molecular flexibility index (Phi) is 4.80. The largest absolute Gasteiger partial charge is 0.330 e. The Morgan fingerprint density at radius 1 is 1.25 bits per heavy atom. The molecule has 0 aromatic rings. The van der Waals surface area contributed by atoms with E-state index in [0.717, 1.165) is 13.0 Å². The topological polar surface area (TPSA) is 52.0 Å². The quantitative estimate of drug-likeness (QED) is 0.663. The van der Waals surface area contributed by atoms with Gasteiger partial charge in [-0.1, -0.05) is 20.8 Å². The average molecular weight is 172 g/mol. The molecule has 0 saturated carbocycles. The number of hydrogen-bond donors (Lipinski definition) is 2. The summed E-state index contributed by atoms with van der Waals surface area (Å²) in [6, 6.07) is 0.262. The van der Waals surface area contributed by atoms with Crippen LogP contribution in [-0.4, -0.2) is 12.6 Å². The van der Waals surface area contributed by atoms with Crippen molar-refractivity contribution in [2.45, 2.75) is 46.6 Å². The highest BCUT2D eigenvalue weighted by Crippen LogP contribution is 2.29. The zero-order valence-corrected chi connectivity index (χ0v) is 8.93. The van der Waals surface area contributed by atoms with Gasteiger partial charge in [-0.25, -0.2) is 0 Å². The maximum atomic E-state index is 5.88. The van der Waals surface area contributed by atoms with Gasteiger partial charge in [0, 0.05) is 6.04 Å². The summed E-state index contributed by atoms with van der Waals surface area (Å²) in [5.41, 5.74) is 11.6. The summed E-state index contributed by atoms with van der Waals surface area (Å²) in [6.45, 7) is 9.57. The van der Waals surface area contributed by atoms with Gasteiger partial charge >= 0.3 is 0 Å². The molecule has 0 radical (unpaired) electrons. The molecule has 2 heteroatoms. The van der Waals surface area contributed by atoms with Crippen LogP contribution in [0.4, 0.5) is 0 Å². The van der Waals surface area contributed by atoms with Gasteiger partial charge in [0.25, 0.3) is 0 Å². The third-order valence-electron chi connectivity index (χ3n) is 2.77. The molecular formula is C10H24N2. The number of rotatable bonds is 5. The molecule has 0 aliphatic heterocycles. The zero-order chi connectivity index (χ0) is 9.78. The lowest BCUT2D eigenvalue weighted by Crippen LogP contribution is -2.36. The van der Waals surface area contributed by atoms with E-state index in [2.05, 4.69) is 27.7 Å². The highest BCUT2D eigenvalue weighted by Gasteiger charge is 2.24. The van der Waals surface area contributed by atoms with E-state index < -0.39 is 0 Å². The molecule has 0 saturated heterocycles. The van der Waals surface area contributed by atoms with Gasteiger partial charge in [-0.15, -0.1) is 0 Å². The normalized spacial score (nSPS) is 17.5. The molecule has 0 aromatic heterocycles. The fraction of sp³-hybridized carbons (Fsp3) is 1.00. The van der Waals surface area contributed by atoms with Crippen molar-refractivity contribution < 1.29 is 0 Å². The third kappa shape index (κ3) is 4.07. The van der Waals surface area contributed by atoms with Crippen LogP contribution >= 0.6 is 0 Å². The lowest BCUT2D eigenvalue weighted by molar-refractivity contribution is 0.229. The highest BCUT2D eigenvalue weighted by atomic mass is 14.7. The summed E-state index contributed by atoms with van der Waals surface area (Å²) < 4.78 is 0. The van der Waals surface area contributed by atoms with Gasteiger partial charge in [-0.2, -0.15) is 0 Å². The first-order valence-corrected chi connectivity index (χ1v) is 4.86. The Morgan fingerprint density at radius 2 is 1.75 bits per heavy atom. The van der Waals surface area contributed by atoms with E-state index in [9.17, 15) is 0 Å². The molecule has 2 atom stereocenters. The van der Waals surface area contributed by atoms with Crippen molar-refractivity contribution in [3.05, 3.63) is 0 Å². The summed E-state index contributed by atoms with van der Waals surface area (Å²) in [6.07, 6.45) is 2.28. The predicted molar refractivity (Wildman–Crippen MR) is 54.9 cm³/mol. The van der Waals surface area contributed by atoms with E-state index in [1.54, 1.807) is 0 Å². The SMILES string of the molecule is CC(CCN)CC(C)(C)C(C)N. The molecule has 2 nitrogen and oxygen atoms in total. The first-order chi connectivity index (χ1) is 5.40. The fourth-order valence-corrected chi connectivity index (χ4v) is 1.47. The van der Waals surface area contributed by atoms with E-state index >= 15 is 0 Å². The monoisotopic (exact) mass is 172 g/mol. The summed E-state index contributed by atoms with van der Waals surface area (Å²) in [4.78, 5) is 0. The van der Waals surface area contributed by atoms with Crippen LogP contribution in [0.5, 0.6) is 0 Å². The van der Waals surface area contributed by atoms with Crippen molar-refractivity contribution in [1.29, 1.82) is 0 Å². The minimum Gasteiger partial charge on any atom is -0.330 e. The maximum Gasteiger partial charge on any atom is 0.00618 e. The molecule has 0 fully saturated rings. The van der Waals surface area contributed by atoms with Crippen LogP contribution in [0.2, 0.25) is 0 Å². The zero-order valence-electron chi connectivity index (χ0n) is 8.93. The lowest BCUT2D eigenvalue weighted by Gasteiger charge is -2.31. The van der Waals surface area contributed by atoms with Gasteiger partial charge in [0.2, 0.25) is 0 Å². The van der Waals surface area contributed by atoms with Crippen LogP contribution in [0.25, 0.3) is 0 Å². The molecular weight excluding hydrogens is 148 g/mol. The molecule has 0 aliphatic carbocycles. The number of nitrogens with two attached hydrogens (primary N) is 2. The molecule has 2 unspecified atom stereocenters. The molecule has 0 heterocycles. The van der Waals surface area contributed by atoms with Gasteiger partial charge in [0.05, 0.1) is 0 Å². The van der Waals surface area contributed by atoms with Crippen molar-refractivity contribution in [3.63, 3.8) is 0 Å². The smallest absolute Gasteiger partial charge is 0.00618 e. The third-order valence-corrected chi connectivity index (χ3v) is 2.77. The van der Waals surface area contributed by atoms with Crippen molar-refractivity contribution in [2.75, 3.05) is 6.54 Å². The average Bonchev–Trinajstić information content (AvgIpc) is 1.85. The van der Waals surface area contributed by atoms with E-state index in [4.69, 9.17) is 11.5 Å². The standard InChI is InChI=1S/C10H24N2/c1-8(5-6-11)7-10(3,4)9(2)12/h8-9H,5-7,11-12H2,1-4H3. The van der Waals surface area contributed by atoms with Gasteiger partial charge < -0.3 is 11.5 Å². The number of hydrogen-bond acceptors (Lipinski definition) is 2. The predicted octanol–water partition coefficient (Wildman–Crippen LogP) is 1.73. The summed E-state index contributed by atoms with van der Waals surface area (Å²) in [7, 11) is 0. The van der Waals surface area contributed by atoms with Crippen molar-refractivity contribution in [3.8, 4) is 0 Å². The second-order valence-electron chi connectivity index (χ2n) is 4.66. The Morgan fingerprint density at radius 3 is 2.08 bits per heavy atom. The van der Waals surface area contributed by atoms with Crippen molar-refractivity contribution in [1.82, 2.24) is 0 Å². The summed E-state index contributed by atoms with van der Waals surface area (Å²) >= 11 is 0. The minimum absolute atomic E-state index is 0.245. The van der Waals surface area contributed by atoms with Crippen LogP contribution in [0, 0.1) is 11.3 Å². The van der Waals surface area contributed by atoms with Crippen LogP contribution in [0.15, 0.2) is 0 Å². The van der Waals surface area contributed by atoms with Gasteiger partial charge in [-0.3, -0.25) is 0 Å². The van der Waals surface area contributed by atoms with Gasteiger partial charge in [0.1, 0.15) is 0 Å². The second-order valence-corrected chi connectivity index (χ2v) is 4.66. The van der Waals surface area contributed by atoms with Crippen LogP contribution in [-0.2, 0) is 0 Å². The first-order valence-electron chi connectivity index (χ1n) is 4.86. The lowest BCUT2D eigenvalue weighted by atomic mass is 9.77. The van der Waals surface area contributed by atoms with Crippen LogP contribution in [0.3, 0.4) is 0 Å². The molecule has 74 valence electrons. The summed E-state index contributed by atoms with van der Waals surface area (Å²) in [5.74, 6) is 0.691. The summed E-state index contributed by atoms with van der Waals surface area (Å²) in [5, 5.41) is 0. The Labute approximate surface area is 76.7 Å². The highest BCUT2D eigenvalue weighted by molar-refractivity contribution is 4.79. The van der Waals surface area contributed by atoms with Gasteiger partial charge in [-0.05, 0) is 37.6 Å². The Bertz CT molecular complexity index is 119. The maximum absolute atomic E-state index is 5.88. The Hall–Kier alpha value is -0.0800. The van der Waals surface area contributed by atoms with E-state index in [-0.39, 0.29) is 11.5 Å². The molecule has 0 bridgehead atoms. The van der Waals surface area contributed by atoms with Gasteiger partial charge in [0.15, 0.2) is 0 Å².